The number of hydrogen-bond acceptors (Lipinski definition) is 0. The van der Waals surface area contributed by atoms with E-state index in [1.807, 2.05) is 6.92 Å². The molecule has 1 atom stereocenters. The summed E-state index contributed by atoms with van der Waals surface area (Å²) in [7, 11) is 0. The molecule has 0 aliphatic heterocycles. The summed E-state index contributed by atoms with van der Waals surface area (Å²) in [6.45, 7) is 6.36. The van der Waals surface area contributed by atoms with Crippen LogP contribution in [-0.2, 0) is 0 Å². The molecule has 0 radical (unpaired) electrons. The van der Waals surface area contributed by atoms with Gasteiger partial charge in [0.1, 0.15) is 0 Å². The molecular weight excluding hydrogens is 151 g/mol. The molecule has 0 unspecified atom stereocenters. The van der Waals surface area contributed by atoms with E-state index in [4.69, 9.17) is 0 Å². The Kier molecular flexibility index (Phi) is 7.53. The summed E-state index contributed by atoms with van der Waals surface area (Å²) < 4.78 is 12.8. The van der Waals surface area contributed by atoms with Gasteiger partial charge in [0.25, 0.3) is 0 Å². The number of rotatable bonds is 7. The van der Waals surface area contributed by atoms with Crippen molar-refractivity contribution in [1.82, 2.24) is 0 Å². The summed E-state index contributed by atoms with van der Waals surface area (Å²) in [5, 5.41) is 0. The molecule has 0 N–H and O–H groups in total. The van der Waals surface area contributed by atoms with Crippen LogP contribution in [0.2, 0.25) is 0 Å². The van der Waals surface area contributed by atoms with Crippen LogP contribution in [0.5, 0.6) is 0 Å². The molecule has 74 valence electrons. The first-order valence-electron chi connectivity index (χ1n) is 5.38. The van der Waals surface area contributed by atoms with Gasteiger partial charge in [0.15, 0.2) is 0 Å². The van der Waals surface area contributed by atoms with E-state index in [0.717, 1.165) is 18.8 Å². The fraction of sp³-hybridized carbons (Fsp3) is 1.00. The quantitative estimate of drug-likeness (QED) is 0.538. The first-order chi connectivity index (χ1) is 5.74. The zero-order chi connectivity index (χ0) is 9.40. The van der Waals surface area contributed by atoms with Crippen LogP contribution in [0.25, 0.3) is 0 Å². The summed E-state index contributed by atoms with van der Waals surface area (Å²) in [5.41, 5.74) is 0. The van der Waals surface area contributed by atoms with Crippen molar-refractivity contribution in [2.75, 3.05) is 0 Å². The predicted molar refractivity (Wildman–Crippen MR) is 53.1 cm³/mol. The van der Waals surface area contributed by atoms with E-state index in [0.29, 0.717) is 6.42 Å². The molecule has 0 aromatic heterocycles. The highest BCUT2D eigenvalue weighted by Gasteiger charge is 2.06. The third kappa shape index (κ3) is 5.56. The van der Waals surface area contributed by atoms with E-state index in [1.54, 1.807) is 0 Å². The van der Waals surface area contributed by atoms with Crippen LogP contribution < -0.4 is 0 Å². The van der Waals surface area contributed by atoms with Crippen LogP contribution in [0, 0.1) is 5.92 Å². The molecule has 1 heteroatoms. The highest BCUT2D eigenvalue weighted by Crippen LogP contribution is 2.18. The molecule has 0 aliphatic rings. The van der Waals surface area contributed by atoms with Gasteiger partial charge in [0, 0.05) is 0 Å². The summed E-state index contributed by atoms with van der Waals surface area (Å²) in [4.78, 5) is 0. The number of halogens is 1. The Balaban J connectivity index is 3.28. The average molecular weight is 174 g/mol. The summed E-state index contributed by atoms with van der Waals surface area (Å²) in [6.07, 6.45) is 5.68. The van der Waals surface area contributed by atoms with Crippen LogP contribution in [-0.4, -0.2) is 6.17 Å². The monoisotopic (exact) mass is 174 g/mol. The van der Waals surface area contributed by atoms with Crippen molar-refractivity contribution in [3.63, 3.8) is 0 Å². The number of hydrogen-bond donors (Lipinski definition) is 0. The molecule has 0 amide bonds. The molecule has 0 nitrogen and oxygen atoms in total. The Morgan fingerprint density at radius 3 is 1.92 bits per heavy atom. The summed E-state index contributed by atoms with van der Waals surface area (Å²) >= 11 is 0. The van der Waals surface area contributed by atoms with E-state index < -0.39 is 6.17 Å². The van der Waals surface area contributed by atoms with Crippen LogP contribution in [0.4, 0.5) is 4.39 Å². The van der Waals surface area contributed by atoms with Gasteiger partial charge in [-0.25, -0.2) is 4.39 Å². The minimum Gasteiger partial charge on any atom is -0.248 e. The molecule has 0 spiro atoms. The van der Waals surface area contributed by atoms with E-state index in [1.165, 1.54) is 19.3 Å². The van der Waals surface area contributed by atoms with Gasteiger partial charge in [-0.1, -0.05) is 46.5 Å². The zero-order valence-corrected chi connectivity index (χ0v) is 8.78. The Bertz CT molecular complexity index is 87.0. The molecule has 0 aliphatic carbocycles. The SMILES string of the molecule is CCC(CC)CCC[C@@H](F)CC. The topological polar surface area (TPSA) is 0 Å². The lowest BCUT2D eigenvalue weighted by Gasteiger charge is -2.12. The second-order valence-electron chi connectivity index (χ2n) is 3.62. The van der Waals surface area contributed by atoms with Crippen molar-refractivity contribution >= 4 is 0 Å². The molecule has 0 bridgehead atoms. The summed E-state index contributed by atoms with van der Waals surface area (Å²) in [6, 6.07) is 0. The minimum atomic E-state index is -0.556. The largest absolute Gasteiger partial charge is 0.248 e. The molecule has 0 saturated carbocycles. The van der Waals surface area contributed by atoms with Crippen LogP contribution in [0.1, 0.15) is 59.3 Å². The molecule has 0 heterocycles. The van der Waals surface area contributed by atoms with Crippen LogP contribution in [0.3, 0.4) is 0 Å². The van der Waals surface area contributed by atoms with Crippen molar-refractivity contribution in [2.24, 2.45) is 5.92 Å². The molecular formula is C11H23F. The fourth-order valence-corrected chi connectivity index (χ4v) is 1.53. The third-order valence-corrected chi connectivity index (χ3v) is 2.73. The van der Waals surface area contributed by atoms with Crippen molar-refractivity contribution in [3.05, 3.63) is 0 Å². The molecule has 0 aromatic rings. The highest BCUT2D eigenvalue weighted by atomic mass is 19.1. The zero-order valence-electron chi connectivity index (χ0n) is 8.78. The van der Waals surface area contributed by atoms with Crippen molar-refractivity contribution in [2.45, 2.75) is 65.5 Å². The van der Waals surface area contributed by atoms with Gasteiger partial charge in [-0.3, -0.25) is 0 Å². The molecule has 0 saturated heterocycles. The predicted octanol–water partition coefficient (Wildman–Crippen LogP) is 4.34. The average Bonchev–Trinajstić information content (AvgIpc) is 2.12. The van der Waals surface area contributed by atoms with Gasteiger partial charge in [0.2, 0.25) is 0 Å². The second-order valence-corrected chi connectivity index (χ2v) is 3.62. The van der Waals surface area contributed by atoms with Gasteiger partial charge in [-0.15, -0.1) is 0 Å². The van der Waals surface area contributed by atoms with Crippen LogP contribution in [0.15, 0.2) is 0 Å². The van der Waals surface area contributed by atoms with E-state index >= 15 is 0 Å². The van der Waals surface area contributed by atoms with Crippen molar-refractivity contribution in [3.8, 4) is 0 Å². The maximum Gasteiger partial charge on any atom is 0.0999 e. The Morgan fingerprint density at radius 1 is 0.917 bits per heavy atom. The normalized spacial score (nSPS) is 13.8. The third-order valence-electron chi connectivity index (χ3n) is 2.73. The van der Waals surface area contributed by atoms with E-state index in [2.05, 4.69) is 13.8 Å². The Morgan fingerprint density at radius 2 is 1.50 bits per heavy atom. The Hall–Kier alpha value is -0.0700. The molecule has 0 aromatic carbocycles. The maximum atomic E-state index is 12.8. The lowest BCUT2D eigenvalue weighted by atomic mass is 9.96. The van der Waals surface area contributed by atoms with Crippen LogP contribution >= 0.6 is 0 Å². The lowest BCUT2D eigenvalue weighted by molar-refractivity contribution is 0.286. The van der Waals surface area contributed by atoms with E-state index in [-0.39, 0.29) is 0 Å². The maximum absolute atomic E-state index is 12.8. The Labute approximate surface area is 76.6 Å². The summed E-state index contributed by atoms with van der Waals surface area (Å²) in [5.74, 6) is 0.828. The van der Waals surface area contributed by atoms with Gasteiger partial charge in [0.05, 0.1) is 6.17 Å². The van der Waals surface area contributed by atoms with Gasteiger partial charge in [-0.2, -0.15) is 0 Å². The van der Waals surface area contributed by atoms with E-state index in [9.17, 15) is 4.39 Å². The van der Waals surface area contributed by atoms with Crippen molar-refractivity contribution < 1.29 is 4.39 Å². The smallest absolute Gasteiger partial charge is 0.0999 e. The van der Waals surface area contributed by atoms with Gasteiger partial charge in [-0.05, 0) is 18.8 Å². The molecule has 0 rings (SSSR count). The van der Waals surface area contributed by atoms with Gasteiger partial charge < -0.3 is 0 Å². The van der Waals surface area contributed by atoms with Gasteiger partial charge >= 0.3 is 0 Å². The molecule has 12 heavy (non-hydrogen) atoms. The molecule has 0 fully saturated rings. The first-order valence-corrected chi connectivity index (χ1v) is 5.38. The highest BCUT2D eigenvalue weighted by molar-refractivity contribution is 4.58. The first kappa shape index (κ1) is 11.9. The fourth-order valence-electron chi connectivity index (χ4n) is 1.53. The van der Waals surface area contributed by atoms with Crippen molar-refractivity contribution in [1.29, 1.82) is 0 Å². The minimum absolute atomic E-state index is 0.556. The second kappa shape index (κ2) is 7.57. The standard InChI is InChI=1S/C11H23F/c1-4-10(5-2)8-7-9-11(12)6-3/h10-11H,4-9H2,1-3H3/t11-/m0/s1. The number of alkyl halides is 1. The lowest BCUT2D eigenvalue weighted by Crippen LogP contribution is -2.01.